The number of benzene rings is 2. The molecule has 1 aromatic heterocycles. The maximum Gasteiger partial charge on any atom is 0.228 e. The number of hydrogen-bond donors (Lipinski definition) is 2. The predicted molar refractivity (Wildman–Crippen MR) is 90.9 cm³/mol. The fraction of sp³-hybridized carbons (Fsp3) is 0.211. The standard InChI is InChI=1S/C19H18N2O2/c22-18(11-14-12-20-16-8-2-1-7-15(14)16)21-17-9-3-5-13-6-4-10-23-19(13)17/h1-3,5,7-9,12,20H,4,6,10-11H2,(H,21,22). The van der Waals surface area contributed by atoms with Crippen LogP contribution in [0, 0.1) is 0 Å². The molecule has 23 heavy (non-hydrogen) atoms. The molecule has 116 valence electrons. The predicted octanol–water partition coefficient (Wildman–Crippen LogP) is 3.67. The van der Waals surface area contributed by atoms with Crippen molar-refractivity contribution in [2.75, 3.05) is 11.9 Å². The smallest absolute Gasteiger partial charge is 0.228 e. The molecule has 0 fully saturated rings. The Balaban J connectivity index is 1.55. The quantitative estimate of drug-likeness (QED) is 0.775. The summed E-state index contributed by atoms with van der Waals surface area (Å²) in [7, 11) is 0. The highest BCUT2D eigenvalue weighted by atomic mass is 16.5. The number of anilines is 1. The van der Waals surface area contributed by atoms with E-state index in [9.17, 15) is 4.79 Å². The van der Waals surface area contributed by atoms with Crippen molar-refractivity contribution in [1.82, 2.24) is 4.98 Å². The number of carbonyl (C=O) groups is 1. The Morgan fingerprint density at radius 2 is 2.09 bits per heavy atom. The summed E-state index contributed by atoms with van der Waals surface area (Å²) in [6, 6.07) is 13.9. The summed E-state index contributed by atoms with van der Waals surface area (Å²) in [5.41, 5.74) is 3.99. The van der Waals surface area contributed by atoms with Gasteiger partial charge in [-0.05, 0) is 36.1 Å². The van der Waals surface area contributed by atoms with Gasteiger partial charge in [-0.2, -0.15) is 0 Å². The zero-order chi connectivity index (χ0) is 15.6. The molecule has 0 spiro atoms. The molecule has 4 nitrogen and oxygen atoms in total. The lowest BCUT2D eigenvalue weighted by Crippen LogP contribution is -2.17. The number of rotatable bonds is 3. The number of ether oxygens (including phenoxy) is 1. The molecule has 3 aromatic rings. The number of nitrogens with one attached hydrogen (secondary N) is 2. The highest BCUT2D eigenvalue weighted by Crippen LogP contribution is 2.33. The summed E-state index contributed by atoms with van der Waals surface area (Å²) >= 11 is 0. The number of para-hydroxylation sites is 2. The third-order valence-corrected chi connectivity index (χ3v) is 4.23. The SMILES string of the molecule is O=C(Cc1c[nH]c2ccccc12)Nc1cccc2c1OCCC2. The van der Waals surface area contributed by atoms with Crippen LogP contribution in [0.2, 0.25) is 0 Å². The third-order valence-electron chi connectivity index (χ3n) is 4.23. The van der Waals surface area contributed by atoms with E-state index in [-0.39, 0.29) is 5.91 Å². The zero-order valence-electron chi connectivity index (χ0n) is 12.8. The van der Waals surface area contributed by atoms with Crippen molar-refractivity contribution in [2.45, 2.75) is 19.3 Å². The molecule has 2 heterocycles. The lowest BCUT2D eigenvalue weighted by atomic mass is 10.0. The molecule has 1 aliphatic rings. The second kappa shape index (κ2) is 5.80. The van der Waals surface area contributed by atoms with E-state index in [1.165, 1.54) is 5.56 Å². The number of hydrogen-bond acceptors (Lipinski definition) is 2. The first-order chi connectivity index (χ1) is 11.3. The number of aromatic amines is 1. The van der Waals surface area contributed by atoms with E-state index in [2.05, 4.69) is 16.4 Å². The zero-order valence-corrected chi connectivity index (χ0v) is 12.8. The number of aromatic nitrogens is 1. The largest absolute Gasteiger partial charge is 0.491 e. The van der Waals surface area contributed by atoms with Gasteiger partial charge in [0, 0.05) is 17.1 Å². The highest BCUT2D eigenvalue weighted by molar-refractivity contribution is 5.96. The molecule has 0 saturated heterocycles. The molecule has 0 aliphatic carbocycles. The van der Waals surface area contributed by atoms with E-state index in [1.54, 1.807) is 0 Å². The normalized spacial score (nSPS) is 13.4. The second-order valence-electron chi connectivity index (χ2n) is 5.83. The molecule has 0 atom stereocenters. The van der Waals surface area contributed by atoms with Crippen LogP contribution >= 0.6 is 0 Å². The highest BCUT2D eigenvalue weighted by Gasteiger charge is 2.16. The molecule has 4 heteroatoms. The summed E-state index contributed by atoms with van der Waals surface area (Å²) in [4.78, 5) is 15.6. The summed E-state index contributed by atoms with van der Waals surface area (Å²) in [5.74, 6) is 0.795. The molecule has 0 saturated carbocycles. The van der Waals surface area contributed by atoms with Crippen molar-refractivity contribution in [1.29, 1.82) is 0 Å². The van der Waals surface area contributed by atoms with E-state index in [0.717, 1.165) is 40.7 Å². The van der Waals surface area contributed by atoms with Crippen LogP contribution in [0.25, 0.3) is 10.9 Å². The molecule has 2 aromatic carbocycles. The topological polar surface area (TPSA) is 54.1 Å². The minimum Gasteiger partial charge on any atom is -0.491 e. The van der Waals surface area contributed by atoms with Crippen LogP contribution in [0.5, 0.6) is 5.75 Å². The van der Waals surface area contributed by atoms with E-state index in [4.69, 9.17) is 4.74 Å². The maximum absolute atomic E-state index is 12.4. The molecule has 1 amide bonds. The summed E-state index contributed by atoms with van der Waals surface area (Å²) in [6.45, 7) is 0.711. The minimum atomic E-state index is -0.0303. The Bertz CT molecular complexity index is 867. The fourth-order valence-corrected chi connectivity index (χ4v) is 3.13. The van der Waals surface area contributed by atoms with Crippen LogP contribution in [0.1, 0.15) is 17.5 Å². The monoisotopic (exact) mass is 306 g/mol. The van der Waals surface area contributed by atoms with Gasteiger partial charge in [0.25, 0.3) is 0 Å². The third kappa shape index (κ3) is 2.68. The Hall–Kier alpha value is -2.75. The van der Waals surface area contributed by atoms with Crippen LogP contribution in [0.3, 0.4) is 0 Å². The molecule has 0 radical (unpaired) electrons. The maximum atomic E-state index is 12.4. The van der Waals surface area contributed by atoms with Gasteiger partial charge in [-0.3, -0.25) is 4.79 Å². The molecule has 1 aliphatic heterocycles. The molecule has 4 rings (SSSR count). The number of carbonyl (C=O) groups excluding carboxylic acids is 1. The van der Waals surface area contributed by atoms with E-state index in [1.807, 2.05) is 42.6 Å². The molecule has 0 unspecified atom stereocenters. The number of H-pyrrole nitrogens is 1. The van der Waals surface area contributed by atoms with Gasteiger partial charge >= 0.3 is 0 Å². The first-order valence-electron chi connectivity index (χ1n) is 7.91. The first kappa shape index (κ1) is 13.9. The Labute approximate surface area is 134 Å². The van der Waals surface area contributed by atoms with Crippen molar-refractivity contribution in [3.8, 4) is 5.75 Å². The van der Waals surface area contributed by atoms with E-state index >= 15 is 0 Å². The Morgan fingerprint density at radius 3 is 3.04 bits per heavy atom. The lowest BCUT2D eigenvalue weighted by Gasteiger charge is -2.20. The van der Waals surface area contributed by atoms with Gasteiger partial charge in [-0.1, -0.05) is 30.3 Å². The fourth-order valence-electron chi connectivity index (χ4n) is 3.13. The van der Waals surface area contributed by atoms with Gasteiger partial charge in [-0.25, -0.2) is 0 Å². The molecular formula is C19H18N2O2. The van der Waals surface area contributed by atoms with Gasteiger partial charge in [0.2, 0.25) is 5.91 Å². The second-order valence-corrected chi connectivity index (χ2v) is 5.83. The number of aryl methyl sites for hydroxylation is 1. The van der Waals surface area contributed by atoms with Crippen LogP contribution in [0.15, 0.2) is 48.7 Å². The van der Waals surface area contributed by atoms with Crippen LogP contribution in [-0.2, 0) is 17.6 Å². The van der Waals surface area contributed by atoms with Gasteiger partial charge in [0.1, 0.15) is 5.75 Å². The van der Waals surface area contributed by atoms with Crippen molar-refractivity contribution in [3.63, 3.8) is 0 Å². The first-order valence-corrected chi connectivity index (χ1v) is 7.91. The summed E-state index contributed by atoms with van der Waals surface area (Å²) < 4.78 is 5.74. The van der Waals surface area contributed by atoms with Gasteiger partial charge < -0.3 is 15.0 Å². The summed E-state index contributed by atoms with van der Waals surface area (Å²) in [5, 5.41) is 4.09. The van der Waals surface area contributed by atoms with E-state index < -0.39 is 0 Å². The van der Waals surface area contributed by atoms with Crippen LogP contribution in [-0.4, -0.2) is 17.5 Å². The lowest BCUT2D eigenvalue weighted by molar-refractivity contribution is -0.115. The molecular weight excluding hydrogens is 288 g/mol. The summed E-state index contributed by atoms with van der Waals surface area (Å²) in [6.07, 6.45) is 4.27. The van der Waals surface area contributed by atoms with Crippen LogP contribution < -0.4 is 10.1 Å². The van der Waals surface area contributed by atoms with Crippen molar-refractivity contribution < 1.29 is 9.53 Å². The van der Waals surface area contributed by atoms with Gasteiger partial charge in [0.05, 0.1) is 18.7 Å². The van der Waals surface area contributed by atoms with Crippen molar-refractivity contribution >= 4 is 22.5 Å². The Kier molecular flexibility index (Phi) is 3.50. The number of amides is 1. The van der Waals surface area contributed by atoms with E-state index in [0.29, 0.717) is 13.0 Å². The van der Waals surface area contributed by atoms with Crippen molar-refractivity contribution in [3.05, 3.63) is 59.8 Å². The molecule has 0 bridgehead atoms. The van der Waals surface area contributed by atoms with Gasteiger partial charge in [-0.15, -0.1) is 0 Å². The average molecular weight is 306 g/mol. The minimum absolute atomic E-state index is 0.0303. The average Bonchev–Trinajstić information content (AvgIpc) is 2.98. The number of fused-ring (bicyclic) bond motifs is 2. The van der Waals surface area contributed by atoms with Gasteiger partial charge in [0.15, 0.2) is 0 Å². The Morgan fingerprint density at radius 1 is 1.17 bits per heavy atom. The van der Waals surface area contributed by atoms with Crippen LogP contribution in [0.4, 0.5) is 5.69 Å². The molecule has 2 N–H and O–H groups in total. The van der Waals surface area contributed by atoms with Crippen molar-refractivity contribution in [2.24, 2.45) is 0 Å².